The molecule has 0 spiro atoms. The number of hydrogen-bond donors (Lipinski definition) is 1. The summed E-state index contributed by atoms with van der Waals surface area (Å²) < 4.78 is 40.5. The summed E-state index contributed by atoms with van der Waals surface area (Å²) in [7, 11) is 0. The van der Waals surface area contributed by atoms with E-state index < -0.39 is 12.3 Å². The summed E-state index contributed by atoms with van der Waals surface area (Å²) in [6.07, 6.45) is -6.22. The summed E-state index contributed by atoms with van der Waals surface area (Å²) in [5.41, 5.74) is 0. The summed E-state index contributed by atoms with van der Waals surface area (Å²) in [6.45, 7) is 1.98. The minimum Gasteiger partial charge on any atom is -0.363 e. The Bertz CT molecular complexity index is 136. The molecule has 66 valence electrons. The van der Waals surface area contributed by atoms with Gasteiger partial charge in [-0.15, -0.1) is 0 Å². The first-order valence-electron chi connectivity index (χ1n) is 3.43. The van der Waals surface area contributed by atoms with Gasteiger partial charge in [-0.1, -0.05) is 0 Å². The molecule has 0 aliphatic carbocycles. The van der Waals surface area contributed by atoms with Crippen molar-refractivity contribution in [1.29, 1.82) is 0 Å². The van der Waals surface area contributed by atoms with E-state index in [0.29, 0.717) is 6.54 Å². The SMILES string of the molecule is C[C@@H]1CNC[C@H](C(F)(F)F)O1. The van der Waals surface area contributed by atoms with Crippen molar-refractivity contribution in [1.82, 2.24) is 5.32 Å². The summed E-state index contributed by atoms with van der Waals surface area (Å²) in [4.78, 5) is 0. The minimum atomic E-state index is -4.23. The van der Waals surface area contributed by atoms with Gasteiger partial charge in [-0.25, -0.2) is 0 Å². The second-order valence-corrected chi connectivity index (χ2v) is 2.64. The molecule has 1 aliphatic heterocycles. The van der Waals surface area contributed by atoms with Crippen molar-refractivity contribution in [2.45, 2.75) is 25.3 Å². The van der Waals surface area contributed by atoms with Gasteiger partial charge in [0.1, 0.15) is 0 Å². The molecule has 0 amide bonds. The fourth-order valence-electron chi connectivity index (χ4n) is 0.987. The summed E-state index contributed by atoms with van der Waals surface area (Å²) in [6, 6.07) is 0. The normalized spacial score (nSPS) is 33.8. The third-order valence-electron chi connectivity index (χ3n) is 1.52. The number of halogens is 3. The summed E-state index contributed by atoms with van der Waals surface area (Å²) >= 11 is 0. The van der Waals surface area contributed by atoms with Gasteiger partial charge in [0, 0.05) is 13.1 Å². The maximum atomic E-state index is 11.9. The van der Waals surface area contributed by atoms with Crippen molar-refractivity contribution in [3.8, 4) is 0 Å². The first-order valence-corrected chi connectivity index (χ1v) is 3.43. The van der Waals surface area contributed by atoms with Gasteiger partial charge in [0.05, 0.1) is 6.10 Å². The van der Waals surface area contributed by atoms with Crippen molar-refractivity contribution in [2.24, 2.45) is 0 Å². The van der Waals surface area contributed by atoms with Crippen LogP contribution in [-0.4, -0.2) is 31.5 Å². The zero-order valence-corrected chi connectivity index (χ0v) is 6.11. The largest absolute Gasteiger partial charge is 0.415 e. The number of morpholine rings is 1. The van der Waals surface area contributed by atoms with Crippen LogP contribution < -0.4 is 5.32 Å². The Morgan fingerprint density at radius 3 is 2.36 bits per heavy atom. The fraction of sp³-hybridized carbons (Fsp3) is 1.00. The number of alkyl halides is 3. The monoisotopic (exact) mass is 169 g/mol. The summed E-state index contributed by atoms with van der Waals surface area (Å²) in [5.74, 6) is 0. The van der Waals surface area contributed by atoms with Crippen molar-refractivity contribution in [3.63, 3.8) is 0 Å². The van der Waals surface area contributed by atoms with E-state index in [1.807, 2.05) is 0 Å². The van der Waals surface area contributed by atoms with Crippen LogP contribution in [0.5, 0.6) is 0 Å². The highest BCUT2D eigenvalue weighted by atomic mass is 19.4. The first kappa shape index (κ1) is 8.80. The average Bonchev–Trinajstić information content (AvgIpc) is 1.86. The van der Waals surface area contributed by atoms with E-state index >= 15 is 0 Å². The van der Waals surface area contributed by atoms with E-state index in [0.717, 1.165) is 0 Å². The molecule has 0 radical (unpaired) electrons. The number of rotatable bonds is 0. The molecule has 0 saturated carbocycles. The van der Waals surface area contributed by atoms with Gasteiger partial charge >= 0.3 is 6.18 Å². The van der Waals surface area contributed by atoms with Crippen LogP contribution in [0.2, 0.25) is 0 Å². The Morgan fingerprint density at radius 2 is 2.00 bits per heavy atom. The second kappa shape index (κ2) is 2.98. The molecule has 2 atom stereocenters. The van der Waals surface area contributed by atoms with Crippen molar-refractivity contribution in [2.75, 3.05) is 13.1 Å². The van der Waals surface area contributed by atoms with E-state index in [1.165, 1.54) is 0 Å². The summed E-state index contributed by atoms with van der Waals surface area (Å²) in [5, 5.41) is 2.65. The Labute approximate surface area is 62.7 Å². The van der Waals surface area contributed by atoms with E-state index in [9.17, 15) is 13.2 Å². The zero-order chi connectivity index (χ0) is 8.48. The Hall–Kier alpha value is -0.290. The molecule has 0 unspecified atom stereocenters. The van der Waals surface area contributed by atoms with Gasteiger partial charge in [0.2, 0.25) is 0 Å². The average molecular weight is 169 g/mol. The lowest BCUT2D eigenvalue weighted by Gasteiger charge is -2.29. The van der Waals surface area contributed by atoms with E-state index in [2.05, 4.69) is 10.1 Å². The molecule has 1 heterocycles. The van der Waals surface area contributed by atoms with Gasteiger partial charge in [0.15, 0.2) is 6.10 Å². The highest BCUT2D eigenvalue weighted by molar-refractivity contribution is 4.77. The molecule has 2 nitrogen and oxygen atoms in total. The topological polar surface area (TPSA) is 21.3 Å². The Kier molecular flexibility index (Phi) is 2.39. The van der Waals surface area contributed by atoms with Gasteiger partial charge < -0.3 is 10.1 Å². The van der Waals surface area contributed by atoms with Gasteiger partial charge in [0.25, 0.3) is 0 Å². The quantitative estimate of drug-likeness (QED) is 0.582. The molecule has 1 rings (SSSR count). The van der Waals surface area contributed by atoms with Crippen LogP contribution in [0.3, 0.4) is 0 Å². The predicted molar refractivity (Wildman–Crippen MR) is 33.3 cm³/mol. The van der Waals surface area contributed by atoms with Gasteiger partial charge in [-0.2, -0.15) is 13.2 Å². The number of nitrogens with one attached hydrogen (secondary N) is 1. The van der Waals surface area contributed by atoms with Crippen LogP contribution in [0.25, 0.3) is 0 Å². The molecular weight excluding hydrogens is 159 g/mol. The second-order valence-electron chi connectivity index (χ2n) is 2.64. The smallest absolute Gasteiger partial charge is 0.363 e. The van der Waals surface area contributed by atoms with Crippen LogP contribution in [0, 0.1) is 0 Å². The van der Waals surface area contributed by atoms with Crippen molar-refractivity contribution in [3.05, 3.63) is 0 Å². The van der Waals surface area contributed by atoms with E-state index in [4.69, 9.17) is 0 Å². The van der Waals surface area contributed by atoms with Gasteiger partial charge in [-0.3, -0.25) is 0 Å². The molecule has 0 aromatic heterocycles. The van der Waals surface area contributed by atoms with Crippen molar-refractivity contribution < 1.29 is 17.9 Å². The lowest BCUT2D eigenvalue weighted by Crippen LogP contribution is -2.50. The number of hydrogen-bond acceptors (Lipinski definition) is 2. The molecule has 0 aromatic carbocycles. The Balaban J connectivity index is 2.46. The lowest BCUT2D eigenvalue weighted by molar-refractivity contribution is -0.237. The molecular formula is C6H10F3NO. The maximum absolute atomic E-state index is 11.9. The van der Waals surface area contributed by atoms with Crippen LogP contribution >= 0.6 is 0 Å². The fourth-order valence-corrected chi connectivity index (χ4v) is 0.987. The zero-order valence-electron chi connectivity index (χ0n) is 6.11. The molecule has 1 N–H and O–H groups in total. The van der Waals surface area contributed by atoms with Crippen LogP contribution in [0.15, 0.2) is 0 Å². The maximum Gasteiger partial charge on any atom is 0.415 e. The number of ether oxygens (including phenoxy) is 1. The third kappa shape index (κ3) is 2.34. The minimum absolute atomic E-state index is 0.131. The predicted octanol–water partition coefficient (Wildman–Crippen LogP) is 0.926. The molecule has 5 heteroatoms. The third-order valence-corrected chi connectivity index (χ3v) is 1.52. The molecule has 0 aromatic rings. The molecule has 1 fully saturated rings. The van der Waals surface area contributed by atoms with Crippen LogP contribution in [0.1, 0.15) is 6.92 Å². The van der Waals surface area contributed by atoms with E-state index in [-0.39, 0.29) is 12.6 Å². The molecule has 1 aliphatic rings. The Morgan fingerprint density at radius 1 is 1.36 bits per heavy atom. The molecule has 11 heavy (non-hydrogen) atoms. The first-order chi connectivity index (χ1) is 5.00. The highest BCUT2D eigenvalue weighted by Gasteiger charge is 2.42. The van der Waals surface area contributed by atoms with Gasteiger partial charge in [-0.05, 0) is 6.92 Å². The highest BCUT2D eigenvalue weighted by Crippen LogP contribution is 2.24. The molecule has 1 saturated heterocycles. The van der Waals surface area contributed by atoms with E-state index in [1.54, 1.807) is 6.92 Å². The standard InChI is InChI=1S/C6H10F3NO/c1-4-2-10-3-5(11-4)6(7,8)9/h4-5,10H,2-3H2,1H3/t4-,5-/m1/s1. The van der Waals surface area contributed by atoms with Crippen LogP contribution in [-0.2, 0) is 4.74 Å². The van der Waals surface area contributed by atoms with Crippen molar-refractivity contribution >= 4 is 0 Å². The lowest BCUT2D eigenvalue weighted by atomic mass is 10.2. The van der Waals surface area contributed by atoms with Crippen LogP contribution in [0.4, 0.5) is 13.2 Å². The molecule has 0 bridgehead atoms.